The maximum atomic E-state index is 12.2. The summed E-state index contributed by atoms with van der Waals surface area (Å²) in [6.07, 6.45) is 3.65. The molecule has 0 fully saturated rings. The average molecular weight is 356 g/mol. The Bertz CT molecular complexity index is 742. The molecule has 1 aliphatic carbocycles. The fourth-order valence-corrected chi connectivity index (χ4v) is 4.10. The second kappa shape index (κ2) is 8.54. The van der Waals surface area contributed by atoms with Gasteiger partial charge in [0, 0.05) is 17.0 Å². The summed E-state index contributed by atoms with van der Waals surface area (Å²) < 4.78 is 0. The van der Waals surface area contributed by atoms with E-state index in [9.17, 15) is 4.79 Å². The molecule has 2 aromatic rings. The first kappa shape index (κ1) is 18.0. The molecule has 132 valence electrons. The van der Waals surface area contributed by atoms with Crippen molar-refractivity contribution in [2.75, 3.05) is 19.8 Å². The van der Waals surface area contributed by atoms with Crippen LogP contribution in [0.2, 0.25) is 0 Å². The van der Waals surface area contributed by atoms with Gasteiger partial charge in [0.05, 0.1) is 19.8 Å². The van der Waals surface area contributed by atoms with Gasteiger partial charge >= 0.3 is 0 Å². The molecule has 3 rings (SSSR count). The number of benzene rings is 2. The molecule has 0 atom stereocenters. The summed E-state index contributed by atoms with van der Waals surface area (Å²) >= 11 is 1.63. The zero-order valence-corrected chi connectivity index (χ0v) is 15.9. The third-order valence-corrected chi connectivity index (χ3v) is 5.57. The minimum atomic E-state index is 0.0949. The highest BCUT2D eigenvalue weighted by Crippen LogP contribution is 2.27. The zero-order valence-electron chi connectivity index (χ0n) is 15.1. The van der Waals surface area contributed by atoms with Crippen LogP contribution in [0.25, 0.3) is 0 Å². The zero-order chi connectivity index (χ0) is 17.6. The molecule has 4 heteroatoms. The fourth-order valence-electron chi connectivity index (χ4n) is 3.32. The molecule has 3 nitrogen and oxygen atoms in total. The van der Waals surface area contributed by atoms with Crippen molar-refractivity contribution in [3.8, 4) is 0 Å². The van der Waals surface area contributed by atoms with E-state index in [1.807, 2.05) is 6.07 Å². The van der Waals surface area contributed by atoms with E-state index in [-0.39, 0.29) is 5.91 Å². The molecule has 25 heavy (non-hydrogen) atoms. The molecule has 0 radical (unpaired) electrons. The molecule has 0 aromatic heterocycles. The Kier molecular flexibility index (Phi) is 6.16. The summed E-state index contributed by atoms with van der Waals surface area (Å²) in [6.45, 7) is 1.57. The highest BCUT2D eigenvalue weighted by Gasteiger charge is 2.12. The van der Waals surface area contributed by atoms with E-state index in [1.54, 1.807) is 11.8 Å². The first-order valence-electron chi connectivity index (χ1n) is 8.99. The van der Waals surface area contributed by atoms with E-state index >= 15 is 0 Å². The average Bonchev–Trinajstić information content (AvgIpc) is 3.06. The van der Waals surface area contributed by atoms with Crippen LogP contribution in [-0.4, -0.2) is 25.8 Å². The summed E-state index contributed by atoms with van der Waals surface area (Å²) in [5.41, 5.74) is 5.45. The molecule has 2 aromatic carbocycles. The third-order valence-electron chi connectivity index (χ3n) is 4.58. The lowest BCUT2D eigenvalue weighted by molar-refractivity contribution is -0.872. The molecule has 0 heterocycles. The smallest absolute Gasteiger partial charge is 0.230 e. The standard InChI is InChI=1S/C21H26N2OS/c1-23(2)14-19-7-4-3-6-18(19)13-22-21(24)15-25-20-11-10-16-8-5-9-17(16)12-20/h3-4,6-7,10-12H,5,8-9,13-15H2,1-2H3,(H,22,24)/p+1. The molecule has 2 N–H and O–H groups in total. The summed E-state index contributed by atoms with van der Waals surface area (Å²) in [7, 11) is 4.28. The number of rotatable bonds is 7. The van der Waals surface area contributed by atoms with Crippen molar-refractivity contribution in [1.82, 2.24) is 5.32 Å². The van der Waals surface area contributed by atoms with Crippen LogP contribution in [0, 0.1) is 0 Å². The van der Waals surface area contributed by atoms with E-state index < -0.39 is 0 Å². The van der Waals surface area contributed by atoms with Crippen molar-refractivity contribution in [1.29, 1.82) is 0 Å². The lowest BCUT2D eigenvalue weighted by Gasteiger charge is -2.13. The molecule has 0 saturated carbocycles. The van der Waals surface area contributed by atoms with Crippen molar-refractivity contribution in [2.24, 2.45) is 0 Å². The predicted molar refractivity (Wildman–Crippen MR) is 104 cm³/mol. The largest absolute Gasteiger partial charge is 0.351 e. The summed E-state index contributed by atoms with van der Waals surface area (Å²) in [6, 6.07) is 15.0. The lowest BCUT2D eigenvalue weighted by atomic mass is 10.1. The molecular formula is C21H27N2OS+. The molecule has 0 bridgehead atoms. The number of fused-ring (bicyclic) bond motifs is 1. The number of carbonyl (C=O) groups excluding carboxylic acids is 1. The number of nitrogens with one attached hydrogen (secondary N) is 2. The molecule has 0 spiro atoms. The summed E-state index contributed by atoms with van der Waals surface area (Å²) in [5, 5.41) is 3.07. The Labute approximate surface area is 154 Å². The molecule has 0 saturated heterocycles. The van der Waals surface area contributed by atoms with Crippen LogP contribution < -0.4 is 10.2 Å². The maximum Gasteiger partial charge on any atom is 0.230 e. The fraction of sp³-hybridized carbons (Fsp3) is 0.381. The first-order valence-corrected chi connectivity index (χ1v) is 9.97. The summed E-state index contributed by atoms with van der Waals surface area (Å²) in [5.74, 6) is 0.567. The van der Waals surface area contributed by atoms with Crippen molar-refractivity contribution >= 4 is 17.7 Å². The first-order chi connectivity index (χ1) is 12.1. The lowest BCUT2D eigenvalue weighted by Crippen LogP contribution is -3.04. The van der Waals surface area contributed by atoms with Crippen LogP contribution in [-0.2, 0) is 30.7 Å². The van der Waals surface area contributed by atoms with Gasteiger partial charge in [0.25, 0.3) is 0 Å². The van der Waals surface area contributed by atoms with E-state index in [0.29, 0.717) is 12.3 Å². The normalized spacial score (nSPS) is 13.1. The van der Waals surface area contributed by atoms with E-state index in [1.165, 1.54) is 51.3 Å². The number of thioether (sulfide) groups is 1. The van der Waals surface area contributed by atoms with Gasteiger partial charge in [0.15, 0.2) is 0 Å². The van der Waals surface area contributed by atoms with E-state index in [2.05, 4.69) is 55.8 Å². The van der Waals surface area contributed by atoms with E-state index in [4.69, 9.17) is 0 Å². The van der Waals surface area contributed by atoms with Crippen LogP contribution in [0.1, 0.15) is 28.7 Å². The molecule has 1 aliphatic rings. The van der Waals surface area contributed by atoms with Crippen LogP contribution in [0.4, 0.5) is 0 Å². The highest BCUT2D eigenvalue weighted by molar-refractivity contribution is 8.00. The third kappa shape index (κ3) is 5.10. The molecule has 1 amide bonds. The van der Waals surface area contributed by atoms with Gasteiger partial charge < -0.3 is 10.2 Å². The second-order valence-corrected chi connectivity index (χ2v) is 8.05. The second-order valence-electron chi connectivity index (χ2n) is 7.00. The Hall–Kier alpha value is -1.78. The van der Waals surface area contributed by atoms with Gasteiger partial charge in [0.2, 0.25) is 5.91 Å². The number of hydrogen-bond acceptors (Lipinski definition) is 2. The van der Waals surface area contributed by atoms with Gasteiger partial charge in [-0.3, -0.25) is 4.79 Å². The van der Waals surface area contributed by atoms with Gasteiger partial charge in [-0.05, 0) is 48.1 Å². The van der Waals surface area contributed by atoms with Gasteiger partial charge in [0.1, 0.15) is 6.54 Å². The minimum absolute atomic E-state index is 0.0949. The number of aryl methyl sites for hydroxylation is 2. The molecular weight excluding hydrogens is 328 g/mol. The highest BCUT2D eigenvalue weighted by atomic mass is 32.2. The SMILES string of the molecule is C[NH+](C)Cc1ccccc1CNC(=O)CSc1ccc2c(c1)CCC2. The van der Waals surface area contributed by atoms with Crippen molar-refractivity contribution in [2.45, 2.75) is 37.2 Å². The van der Waals surface area contributed by atoms with E-state index in [0.717, 1.165) is 6.54 Å². The topological polar surface area (TPSA) is 33.5 Å². The number of hydrogen-bond donors (Lipinski definition) is 2. The maximum absolute atomic E-state index is 12.2. The van der Waals surface area contributed by atoms with Gasteiger partial charge in [-0.15, -0.1) is 11.8 Å². The van der Waals surface area contributed by atoms with Crippen molar-refractivity contribution in [3.63, 3.8) is 0 Å². The van der Waals surface area contributed by atoms with Crippen molar-refractivity contribution in [3.05, 3.63) is 64.7 Å². The van der Waals surface area contributed by atoms with Crippen LogP contribution in [0.3, 0.4) is 0 Å². The Morgan fingerprint density at radius 3 is 2.64 bits per heavy atom. The quantitative estimate of drug-likeness (QED) is 0.747. The van der Waals surface area contributed by atoms with Crippen LogP contribution in [0.5, 0.6) is 0 Å². The van der Waals surface area contributed by atoms with Crippen LogP contribution >= 0.6 is 11.8 Å². The number of carbonyl (C=O) groups is 1. The minimum Gasteiger partial charge on any atom is -0.351 e. The predicted octanol–water partition coefficient (Wildman–Crippen LogP) is 2.23. The summed E-state index contributed by atoms with van der Waals surface area (Å²) in [4.78, 5) is 14.8. The van der Waals surface area contributed by atoms with Gasteiger partial charge in [-0.25, -0.2) is 0 Å². The Balaban J connectivity index is 1.50. The number of quaternary nitrogens is 1. The molecule has 0 aliphatic heterocycles. The monoisotopic (exact) mass is 355 g/mol. The van der Waals surface area contributed by atoms with Gasteiger partial charge in [-0.2, -0.15) is 0 Å². The van der Waals surface area contributed by atoms with Gasteiger partial charge in [-0.1, -0.05) is 30.3 Å². The number of amides is 1. The van der Waals surface area contributed by atoms with Crippen LogP contribution in [0.15, 0.2) is 47.4 Å². The Morgan fingerprint density at radius 2 is 1.84 bits per heavy atom. The Morgan fingerprint density at radius 1 is 1.08 bits per heavy atom. The van der Waals surface area contributed by atoms with Crippen molar-refractivity contribution < 1.29 is 9.69 Å². The molecule has 0 unspecified atom stereocenters.